The highest BCUT2D eigenvalue weighted by Crippen LogP contribution is 2.13. The van der Waals surface area contributed by atoms with E-state index in [1.54, 1.807) is 0 Å². The summed E-state index contributed by atoms with van der Waals surface area (Å²) in [5.41, 5.74) is 0. The van der Waals surface area contributed by atoms with Gasteiger partial charge in [0, 0.05) is 19.7 Å². The summed E-state index contributed by atoms with van der Waals surface area (Å²) in [5.74, 6) is -0.0981. The quantitative estimate of drug-likeness (QED) is 0.684. The lowest BCUT2D eigenvalue weighted by molar-refractivity contribution is -0.150. The van der Waals surface area contributed by atoms with Gasteiger partial charge in [0.05, 0.1) is 12.7 Å². The van der Waals surface area contributed by atoms with Crippen LogP contribution in [0.4, 0.5) is 0 Å². The van der Waals surface area contributed by atoms with Crippen molar-refractivity contribution in [2.75, 3.05) is 26.3 Å². The van der Waals surface area contributed by atoms with Crippen LogP contribution < -0.4 is 0 Å². The molecular weight excluding hydrogens is 206 g/mol. The minimum absolute atomic E-state index is 0.0981. The fourth-order valence-electron chi connectivity index (χ4n) is 2.12. The van der Waals surface area contributed by atoms with Crippen LogP contribution in [0.5, 0.6) is 0 Å². The van der Waals surface area contributed by atoms with Crippen LogP contribution in [-0.2, 0) is 14.3 Å². The number of esters is 1. The van der Waals surface area contributed by atoms with Crippen molar-refractivity contribution in [3.05, 3.63) is 0 Å². The van der Waals surface area contributed by atoms with Gasteiger partial charge in [-0.2, -0.15) is 0 Å². The van der Waals surface area contributed by atoms with Gasteiger partial charge in [-0.05, 0) is 26.7 Å². The average Bonchev–Trinajstić information content (AvgIpc) is 2.45. The van der Waals surface area contributed by atoms with E-state index >= 15 is 0 Å². The van der Waals surface area contributed by atoms with Crippen molar-refractivity contribution in [2.24, 2.45) is 0 Å². The molecule has 0 spiro atoms. The molecule has 94 valence electrons. The highest BCUT2D eigenvalue weighted by molar-refractivity contribution is 5.75. The summed E-state index contributed by atoms with van der Waals surface area (Å²) >= 11 is 0. The first-order chi connectivity index (χ1) is 7.69. The molecule has 4 heteroatoms. The summed E-state index contributed by atoms with van der Waals surface area (Å²) in [5, 5.41) is 0. The Morgan fingerprint density at radius 2 is 2.31 bits per heavy atom. The minimum atomic E-state index is -0.107. The van der Waals surface area contributed by atoms with E-state index in [9.17, 15) is 4.79 Å². The molecule has 0 saturated carbocycles. The Bertz CT molecular complexity index is 220. The molecule has 2 atom stereocenters. The summed E-state index contributed by atoms with van der Waals surface area (Å²) < 4.78 is 10.7. The molecule has 1 rings (SSSR count). The van der Waals surface area contributed by atoms with Crippen molar-refractivity contribution in [1.82, 2.24) is 4.90 Å². The number of hydrogen-bond donors (Lipinski definition) is 0. The molecule has 0 radical (unpaired) electrons. The zero-order valence-electron chi connectivity index (χ0n) is 10.6. The molecule has 0 aliphatic carbocycles. The lowest BCUT2D eigenvalue weighted by Gasteiger charge is -2.28. The second-order valence-corrected chi connectivity index (χ2v) is 4.21. The molecule has 0 aromatic carbocycles. The monoisotopic (exact) mass is 229 g/mol. The van der Waals surface area contributed by atoms with Gasteiger partial charge >= 0.3 is 5.97 Å². The number of ether oxygens (including phenoxy) is 2. The molecule has 0 amide bonds. The summed E-state index contributed by atoms with van der Waals surface area (Å²) in [4.78, 5) is 14.0. The molecule has 1 fully saturated rings. The molecule has 16 heavy (non-hydrogen) atoms. The topological polar surface area (TPSA) is 38.8 Å². The van der Waals surface area contributed by atoms with Crippen molar-refractivity contribution in [1.29, 1.82) is 0 Å². The number of rotatable bonds is 4. The van der Waals surface area contributed by atoms with Crippen molar-refractivity contribution in [3.63, 3.8) is 0 Å². The third kappa shape index (κ3) is 3.76. The van der Waals surface area contributed by atoms with E-state index in [-0.39, 0.29) is 18.1 Å². The third-order valence-electron chi connectivity index (χ3n) is 2.87. The summed E-state index contributed by atoms with van der Waals surface area (Å²) in [6.07, 6.45) is 1.98. The van der Waals surface area contributed by atoms with Gasteiger partial charge in [0.25, 0.3) is 0 Å². The van der Waals surface area contributed by atoms with Crippen LogP contribution in [-0.4, -0.2) is 49.3 Å². The Balaban J connectivity index is 2.59. The zero-order valence-corrected chi connectivity index (χ0v) is 10.6. The van der Waals surface area contributed by atoms with Gasteiger partial charge in [-0.25, -0.2) is 0 Å². The standard InChI is InChI=1S/C12H23NO3/c1-4-11(12(14)15-5-2)13-7-6-8-16-10(3)9-13/h10-11H,4-9H2,1-3H3. The summed E-state index contributed by atoms with van der Waals surface area (Å²) in [6, 6.07) is -0.107. The largest absolute Gasteiger partial charge is 0.465 e. The van der Waals surface area contributed by atoms with E-state index in [0.29, 0.717) is 6.61 Å². The lowest BCUT2D eigenvalue weighted by atomic mass is 10.1. The van der Waals surface area contributed by atoms with E-state index < -0.39 is 0 Å². The van der Waals surface area contributed by atoms with Gasteiger partial charge in [-0.1, -0.05) is 6.92 Å². The molecule has 4 nitrogen and oxygen atoms in total. The maximum absolute atomic E-state index is 11.8. The second kappa shape index (κ2) is 6.86. The highest BCUT2D eigenvalue weighted by Gasteiger charge is 2.27. The predicted molar refractivity (Wildman–Crippen MR) is 62.3 cm³/mol. The highest BCUT2D eigenvalue weighted by atomic mass is 16.5. The molecule has 0 aromatic heterocycles. The Morgan fingerprint density at radius 3 is 2.94 bits per heavy atom. The van der Waals surface area contributed by atoms with E-state index in [0.717, 1.165) is 32.5 Å². The first kappa shape index (κ1) is 13.5. The van der Waals surface area contributed by atoms with Gasteiger partial charge in [-0.15, -0.1) is 0 Å². The molecule has 2 unspecified atom stereocenters. The Hall–Kier alpha value is -0.610. The van der Waals surface area contributed by atoms with E-state index in [1.807, 2.05) is 13.8 Å². The maximum Gasteiger partial charge on any atom is 0.323 e. The van der Waals surface area contributed by atoms with Crippen LogP contribution >= 0.6 is 0 Å². The van der Waals surface area contributed by atoms with Crippen molar-refractivity contribution >= 4 is 5.97 Å². The van der Waals surface area contributed by atoms with Crippen LogP contribution in [0.1, 0.15) is 33.6 Å². The molecule has 0 bridgehead atoms. The number of nitrogens with zero attached hydrogens (tertiary/aromatic N) is 1. The first-order valence-electron chi connectivity index (χ1n) is 6.21. The van der Waals surface area contributed by atoms with Crippen LogP contribution in [0.3, 0.4) is 0 Å². The fourth-order valence-corrected chi connectivity index (χ4v) is 2.12. The first-order valence-corrected chi connectivity index (χ1v) is 6.21. The molecule has 1 saturated heterocycles. The van der Waals surface area contributed by atoms with Crippen molar-refractivity contribution in [3.8, 4) is 0 Å². The smallest absolute Gasteiger partial charge is 0.323 e. The number of carbonyl (C=O) groups excluding carboxylic acids is 1. The third-order valence-corrected chi connectivity index (χ3v) is 2.87. The van der Waals surface area contributed by atoms with Gasteiger partial charge in [0.15, 0.2) is 0 Å². The Labute approximate surface area is 97.9 Å². The van der Waals surface area contributed by atoms with E-state index in [2.05, 4.69) is 11.8 Å². The summed E-state index contributed by atoms with van der Waals surface area (Å²) in [7, 11) is 0. The van der Waals surface area contributed by atoms with Gasteiger partial charge in [-0.3, -0.25) is 9.69 Å². The lowest BCUT2D eigenvalue weighted by Crippen LogP contribution is -2.44. The van der Waals surface area contributed by atoms with Gasteiger partial charge in [0.2, 0.25) is 0 Å². The molecule has 1 heterocycles. The number of hydrogen-bond acceptors (Lipinski definition) is 4. The molecule has 0 N–H and O–H groups in total. The van der Waals surface area contributed by atoms with Crippen LogP contribution in [0, 0.1) is 0 Å². The second-order valence-electron chi connectivity index (χ2n) is 4.21. The fraction of sp³-hybridized carbons (Fsp3) is 0.917. The SMILES string of the molecule is CCOC(=O)C(CC)N1CCCOC(C)C1. The van der Waals surface area contributed by atoms with E-state index in [1.165, 1.54) is 0 Å². The average molecular weight is 229 g/mol. The Morgan fingerprint density at radius 1 is 1.56 bits per heavy atom. The Kier molecular flexibility index (Phi) is 5.77. The van der Waals surface area contributed by atoms with Crippen LogP contribution in [0.25, 0.3) is 0 Å². The van der Waals surface area contributed by atoms with Crippen molar-refractivity contribution in [2.45, 2.75) is 45.8 Å². The molecule has 1 aliphatic heterocycles. The zero-order chi connectivity index (χ0) is 12.0. The molecule has 1 aliphatic rings. The molecule has 0 aromatic rings. The predicted octanol–water partition coefficient (Wildman–Crippen LogP) is 1.44. The normalized spacial score (nSPS) is 24.8. The van der Waals surface area contributed by atoms with Crippen LogP contribution in [0.2, 0.25) is 0 Å². The van der Waals surface area contributed by atoms with E-state index in [4.69, 9.17) is 9.47 Å². The van der Waals surface area contributed by atoms with Crippen LogP contribution in [0.15, 0.2) is 0 Å². The number of carbonyl (C=O) groups is 1. The molecular formula is C12H23NO3. The van der Waals surface area contributed by atoms with Crippen molar-refractivity contribution < 1.29 is 14.3 Å². The summed E-state index contributed by atoms with van der Waals surface area (Å²) in [6.45, 7) is 8.90. The minimum Gasteiger partial charge on any atom is -0.465 e. The van der Waals surface area contributed by atoms with Gasteiger partial charge in [0.1, 0.15) is 6.04 Å². The maximum atomic E-state index is 11.8. The van der Waals surface area contributed by atoms with Gasteiger partial charge < -0.3 is 9.47 Å².